The van der Waals surface area contributed by atoms with E-state index in [0.29, 0.717) is 32.2 Å². The zero-order valence-corrected chi connectivity index (χ0v) is 19.4. The first kappa shape index (κ1) is 23.9. The second kappa shape index (κ2) is 13.0. The van der Waals surface area contributed by atoms with E-state index in [2.05, 4.69) is 40.2 Å². The summed E-state index contributed by atoms with van der Waals surface area (Å²) in [7, 11) is 0. The van der Waals surface area contributed by atoms with Crippen molar-refractivity contribution in [2.75, 3.05) is 26.3 Å². The number of guanidine groups is 1. The molecule has 162 valence electrons. The highest BCUT2D eigenvalue weighted by Crippen LogP contribution is 2.14. The van der Waals surface area contributed by atoms with Gasteiger partial charge in [-0.1, -0.05) is 24.3 Å². The lowest BCUT2D eigenvalue weighted by molar-refractivity contribution is -0.122. The van der Waals surface area contributed by atoms with Crippen molar-refractivity contribution in [2.45, 2.75) is 57.9 Å². The first-order valence-corrected chi connectivity index (χ1v) is 10.3. The first-order chi connectivity index (χ1) is 13.7. The van der Waals surface area contributed by atoms with Gasteiger partial charge in [0.15, 0.2) is 5.96 Å². The fourth-order valence-corrected chi connectivity index (χ4v) is 3.41. The van der Waals surface area contributed by atoms with Gasteiger partial charge in [-0.15, -0.1) is 24.0 Å². The van der Waals surface area contributed by atoms with Crippen molar-refractivity contribution in [3.63, 3.8) is 0 Å². The number of nitrogens with zero attached hydrogens (tertiary/aromatic N) is 1. The summed E-state index contributed by atoms with van der Waals surface area (Å²) in [6.45, 7) is 6.30. The van der Waals surface area contributed by atoms with Gasteiger partial charge < -0.3 is 25.4 Å². The van der Waals surface area contributed by atoms with Gasteiger partial charge in [-0.2, -0.15) is 0 Å². The van der Waals surface area contributed by atoms with Crippen LogP contribution in [0.2, 0.25) is 0 Å². The topological polar surface area (TPSA) is 84.0 Å². The molecule has 0 aromatic heterocycles. The Morgan fingerprint density at radius 3 is 2.79 bits per heavy atom. The Labute approximate surface area is 190 Å². The number of hydrogen-bond donors (Lipinski definition) is 3. The van der Waals surface area contributed by atoms with Crippen LogP contribution in [0.15, 0.2) is 29.3 Å². The summed E-state index contributed by atoms with van der Waals surface area (Å²) in [5.41, 5.74) is 2.33. The molecular weight excluding hydrogens is 483 g/mol. The average Bonchev–Trinajstić information content (AvgIpc) is 2.73. The quantitative estimate of drug-likeness (QED) is 0.295. The molecule has 8 heteroatoms. The number of amides is 1. The summed E-state index contributed by atoms with van der Waals surface area (Å²) < 4.78 is 11.4. The van der Waals surface area contributed by atoms with Crippen molar-refractivity contribution in [1.29, 1.82) is 0 Å². The minimum Gasteiger partial charge on any atom is -0.381 e. The molecule has 2 aliphatic heterocycles. The molecule has 0 spiro atoms. The number of aliphatic imine (C=N–C) groups is 1. The van der Waals surface area contributed by atoms with Crippen molar-refractivity contribution in [3.05, 3.63) is 35.4 Å². The zero-order chi connectivity index (χ0) is 19.6. The van der Waals surface area contributed by atoms with E-state index < -0.39 is 0 Å². The highest BCUT2D eigenvalue weighted by Gasteiger charge is 2.18. The number of halogens is 1. The number of carbonyl (C=O) groups is 1. The van der Waals surface area contributed by atoms with Gasteiger partial charge in [0.25, 0.3) is 0 Å². The Morgan fingerprint density at radius 2 is 2.07 bits per heavy atom. The van der Waals surface area contributed by atoms with Gasteiger partial charge in [0.05, 0.1) is 19.3 Å². The lowest BCUT2D eigenvalue weighted by Crippen LogP contribution is -2.51. The van der Waals surface area contributed by atoms with Crippen LogP contribution in [0.5, 0.6) is 0 Å². The lowest BCUT2D eigenvalue weighted by Gasteiger charge is -2.25. The summed E-state index contributed by atoms with van der Waals surface area (Å²) in [5, 5.41) is 9.60. The molecule has 0 saturated carbocycles. The maximum absolute atomic E-state index is 11.3. The number of piperidine rings is 1. The van der Waals surface area contributed by atoms with Gasteiger partial charge in [-0.05, 0) is 37.3 Å². The monoisotopic (exact) mass is 516 g/mol. The van der Waals surface area contributed by atoms with Crippen molar-refractivity contribution in [3.8, 4) is 0 Å². The van der Waals surface area contributed by atoms with Crippen LogP contribution < -0.4 is 16.0 Å². The Kier molecular flexibility index (Phi) is 10.7. The molecule has 1 unspecified atom stereocenters. The van der Waals surface area contributed by atoms with Crippen molar-refractivity contribution < 1.29 is 14.3 Å². The van der Waals surface area contributed by atoms with E-state index in [4.69, 9.17) is 14.5 Å². The van der Waals surface area contributed by atoms with E-state index in [-0.39, 0.29) is 35.9 Å². The molecule has 0 radical (unpaired) electrons. The third-order valence-electron chi connectivity index (χ3n) is 5.02. The van der Waals surface area contributed by atoms with E-state index in [1.807, 2.05) is 6.92 Å². The maximum Gasteiger partial charge on any atom is 0.220 e. The van der Waals surface area contributed by atoms with Crippen LogP contribution in [0.4, 0.5) is 0 Å². The molecular formula is C21H33IN4O3. The highest BCUT2D eigenvalue weighted by atomic mass is 127. The smallest absolute Gasteiger partial charge is 0.220 e. The fourth-order valence-electron chi connectivity index (χ4n) is 3.41. The van der Waals surface area contributed by atoms with Gasteiger partial charge in [-0.3, -0.25) is 4.79 Å². The molecule has 2 aliphatic rings. The van der Waals surface area contributed by atoms with Crippen molar-refractivity contribution in [2.24, 2.45) is 4.99 Å². The molecule has 0 aliphatic carbocycles. The van der Waals surface area contributed by atoms with Crippen LogP contribution in [0.25, 0.3) is 0 Å². The zero-order valence-electron chi connectivity index (χ0n) is 17.1. The molecule has 1 aromatic carbocycles. The number of rotatable bonds is 7. The summed E-state index contributed by atoms with van der Waals surface area (Å²) >= 11 is 0. The summed E-state index contributed by atoms with van der Waals surface area (Å²) in [5.74, 6) is 0.910. The number of hydrogen-bond acceptors (Lipinski definition) is 4. The molecule has 3 N–H and O–H groups in total. The second-order valence-electron chi connectivity index (χ2n) is 7.32. The average molecular weight is 516 g/mol. The van der Waals surface area contributed by atoms with Crippen molar-refractivity contribution in [1.82, 2.24) is 16.0 Å². The Bertz CT molecular complexity index is 655. The third-order valence-corrected chi connectivity index (χ3v) is 5.02. The molecule has 1 atom stereocenters. The van der Waals surface area contributed by atoms with Gasteiger partial charge in [0, 0.05) is 38.8 Å². The predicted octanol–water partition coefficient (Wildman–Crippen LogP) is 2.33. The van der Waals surface area contributed by atoms with E-state index in [1.165, 1.54) is 5.56 Å². The first-order valence-electron chi connectivity index (χ1n) is 10.3. The molecule has 2 heterocycles. The second-order valence-corrected chi connectivity index (χ2v) is 7.32. The van der Waals surface area contributed by atoms with E-state index in [1.54, 1.807) is 0 Å². The molecule has 3 rings (SSSR count). The van der Waals surface area contributed by atoms with Gasteiger partial charge in [0.2, 0.25) is 5.91 Å². The molecule has 29 heavy (non-hydrogen) atoms. The van der Waals surface area contributed by atoms with E-state index >= 15 is 0 Å². The summed E-state index contributed by atoms with van der Waals surface area (Å²) in [6.07, 6.45) is 3.64. The van der Waals surface area contributed by atoms with Crippen molar-refractivity contribution >= 4 is 35.8 Å². The minimum absolute atomic E-state index is 0. The maximum atomic E-state index is 11.3. The number of ether oxygens (including phenoxy) is 2. The molecule has 1 aromatic rings. The standard InChI is InChI=1S/C21H32N4O3.HI/c1-2-22-21(25-18-6-7-20(26)23-14-18)24-13-16-4-3-5-17(12-16)15-28-19-8-10-27-11-9-19;/h3-5,12,18-19H,2,6-11,13-15H2,1H3,(H,23,26)(H2,22,24,25);1H. The van der Waals surface area contributed by atoms with Crippen LogP contribution in [-0.4, -0.2) is 50.3 Å². The van der Waals surface area contributed by atoms with E-state index in [9.17, 15) is 4.79 Å². The van der Waals surface area contributed by atoms with Crippen LogP contribution in [-0.2, 0) is 27.4 Å². The van der Waals surface area contributed by atoms with Crippen LogP contribution in [0.3, 0.4) is 0 Å². The van der Waals surface area contributed by atoms with Gasteiger partial charge in [0.1, 0.15) is 0 Å². The van der Waals surface area contributed by atoms with Gasteiger partial charge >= 0.3 is 0 Å². The number of carbonyl (C=O) groups excluding carboxylic acids is 1. The Hall–Kier alpha value is -1.39. The molecule has 2 fully saturated rings. The highest BCUT2D eigenvalue weighted by molar-refractivity contribution is 14.0. The Morgan fingerprint density at radius 1 is 1.28 bits per heavy atom. The molecule has 0 bridgehead atoms. The van der Waals surface area contributed by atoms with Gasteiger partial charge in [-0.25, -0.2) is 4.99 Å². The lowest BCUT2D eigenvalue weighted by atomic mass is 10.1. The number of benzene rings is 1. The minimum atomic E-state index is 0. The van der Waals surface area contributed by atoms with Crippen LogP contribution in [0.1, 0.15) is 43.7 Å². The SMILES string of the molecule is CCNC(=NCc1cccc(COC2CCOCC2)c1)NC1CCC(=O)NC1.I. The third kappa shape index (κ3) is 8.47. The molecule has 7 nitrogen and oxygen atoms in total. The summed E-state index contributed by atoms with van der Waals surface area (Å²) in [4.78, 5) is 16.0. The fraction of sp³-hybridized carbons (Fsp3) is 0.619. The molecule has 2 saturated heterocycles. The normalized spacial score (nSPS) is 20.5. The number of nitrogens with one attached hydrogen (secondary N) is 3. The Balaban J connectivity index is 0.00000300. The molecule has 1 amide bonds. The van der Waals surface area contributed by atoms with Crippen LogP contribution >= 0.6 is 24.0 Å². The van der Waals surface area contributed by atoms with Crippen LogP contribution in [0, 0.1) is 0 Å². The summed E-state index contributed by atoms with van der Waals surface area (Å²) in [6, 6.07) is 8.62. The van der Waals surface area contributed by atoms with E-state index in [0.717, 1.165) is 50.5 Å². The predicted molar refractivity (Wildman–Crippen MR) is 124 cm³/mol. The largest absolute Gasteiger partial charge is 0.381 e.